The van der Waals surface area contributed by atoms with Crippen molar-refractivity contribution in [1.82, 2.24) is 9.80 Å². The van der Waals surface area contributed by atoms with Gasteiger partial charge in [0.1, 0.15) is 5.76 Å². The van der Waals surface area contributed by atoms with E-state index in [0.29, 0.717) is 18.7 Å². The van der Waals surface area contributed by atoms with Gasteiger partial charge in [0, 0.05) is 23.5 Å². The number of likely N-dealkylation sites (tertiary alicyclic amines) is 1. The molecule has 3 rings (SSSR count). The Morgan fingerprint density at radius 3 is 2.52 bits per heavy atom. The molecule has 1 N–H and O–H groups in total. The highest BCUT2D eigenvalue weighted by molar-refractivity contribution is 7.10. The van der Waals surface area contributed by atoms with Crippen LogP contribution in [-0.2, 0) is 9.59 Å². The molecule has 1 saturated heterocycles. The molecule has 1 aliphatic heterocycles. The van der Waals surface area contributed by atoms with Gasteiger partial charge in [-0.25, -0.2) is 0 Å². The first-order chi connectivity index (χ1) is 12.8. The Kier molecular flexibility index (Phi) is 5.48. The minimum atomic E-state index is -0.622. The summed E-state index contributed by atoms with van der Waals surface area (Å²) in [5.41, 5.74) is 2.86. The SMILES string of the molecule is Cc1ccc(/C(O)=C2/C(=O)C(=O)N(CCN(C)C)C2c2cccs2)cc1C. The van der Waals surface area contributed by atoms with Gasteiger partial charge in [0.15, 0.2) is 0 Å². The molecule has 6 heteroatoms. The molecular weight excluding hydrogens is 360 g/mol. The number of aliphatic hydroxyl groups is 1. The number of benzene rings is 1. The normalized spacial score (nSPS) is 19.3. The number of thiophene rings is 1. The highest BCUT2D eigenvalue weighted by atomic mass is 32.1. The van der Waals surface area contributed by atoms with E-state index >= 15 is 0 Å². The van der Waals surface area contributed by atoms with Crippen LogP contribution in [0.4, 0.5) is 0 Å². The second kappa shape index (κ2) is 7.66. The van der Waals surface area contributed by atoms with Crippen molar-refractivity contribution in [3.8, 4) is 0 Å². The van der Waals surface area contributed by atoms with Crippen LogP contribution in [0.25, 0.3) is 5.76 Å². The third-order valence-electron chi connectivity index (χ3n) is 4.92. The second-order valence-corrected chi connectivity index (χ2v) is 8.09. The van der Waals surface area contributed by atoms with Crippen LogP contribution >= 0.6 is 11.3 Å². The summed E-state index contributed by atoms with van der Waals surface area (Å²) in [4.78, 5) is 29.9. The van der Waals surface area contributed by atoms with Gasteiger partial charge in [-0.2, -0.15) is 0 Å². The van der Waals surface area contributed by atoms with Crippen LogP contribution < -0.4 is 0 Å². The van der Waals surface area contributed by atoms with Crippen LogP contribution in [-0.4, -0.2) is 53.8 Å². The number of Topliss-reactive ketones (excluding diaryl/α,β-unsaturated/α-hetero) is 1. The van der Waals surface area contributed by atoms with Crippen molar-refractivity contribution in [3.05, 3.63) is 62.9 Å². The number of amides is 1. The summed E-state index contributed by atoms with van der Waals surface area (Å²) in [7, 11) is 3.84. The summed E-state index contributed by atoms with van der Waals surface area (Å²) < 4.78 is 0. The van der Waals surface area contributed by atoms with Crippen LogP contribution in [0.15, 0.2) is 41.3 Å². The number of ketones is 1. The Labute approximate surface area is 163 Å². The van der Waals surface area contributed by atoms with Crippen LogP contribution in [0.5, 0.6) is 0 Å². The first kappa shape index (κ1) is 19.3. The summed E-state index contributed by atoms with van der Waals surface area (Å²) in [5, 5.41) is 12.9. The maximum absolute atomic E-state index is 12.8. The molecule has 1 aromatic carbocycles. The van der Waals surface area contributed by atoms with Gasteiger partial charge in [-0.1, -0.05) is 18.2 Å². The monoisotopic (exact) mass is 384 g/mol. The molecule has 1 aliphatic rings. The van der Waals surface area contributed by atoms with E-state index in [0.717, 1.165) is 16.0 Å². The lowest BCUT2D eigenvalue weighted by molar-refractivity contribution is -0.140. The van der Waals surface area contributed by atoms with Crippen LogP contribution in [0.1, 0.15) is 27.6 Å². The Hall–Kier alpha value is -2.44. The Bertz CT molecular complexity index is 900. The number of aryl methyl sites for hydroxylation is 2. The molecule has 1 fully saturated rings. The molecule has 27 heavy (non-hydrogen) atoms. The fourth-order valence-corrected chi connectivity index (χ4v) is 4.05. The Balaban J connectivity index is 2.12. The van der Waals surface area contributed by atoms with E-state index < -0.39 is 17.7 Å². The molecule has 2 aromatic rings. The quantitative estimate of drug-likeness (QED) is 0.488. The van der Waals surface area contributed by atoms with Crippen molar-refractivity contribution in [1.29, 1.82) is 0 Å². The fraction of sp³-hybridized carbons (Fsp3) is 0.333. The zero-order valence-electron chi connectivity index (χ0n) is 16.0. The largest absolute Gasteiger partial charge is 0.507 e. The maximum Gasteiger partial charge on any atom is 0.295 e. The molecule has 1 amide bonds. The predicted molar refractivity (Wildman–Crippen MR) is 108 cm³/mol. The van der Waals surface area contributed by atoms with E-state index in [1.54, 1.807) is 11.0 Å². The van der Waals surface area contributed by atoms with Gasteiger partial charge in [0.2, 0.25) is 0 Å². The van der Waals surface area contributed by atoms with Gasteiger partial charge in [0.25, 0.3) is 11.7 Å². The Morgan fingerprint density at radius 2 is 1.93 bits per heavy atom. The summed E-state index contributed by atoms with van der Waals surface area (Å²) in [5.74, 6) is -1.29. The maximum atomic E-state index is 12.8. The smallest absolute Gasteiger partial charge is 0.295 e. The van der Waals surface area contributed by atoms with Crippen molar-refractivity contribution in [2.75, 3.05) is 27.2 Å². The van der Waals surface area contributed by atoms with Gasteiger partial charge in [-0.05, 0) is 56.6 Å². The Morgan fingerprint density at radius 1 is 1.19 bits per heavy atom. The number of carbonyl (C=O) groups is 2. The molecule has 142 valence electrons. The second-order valence-electron chi connectivity index (χ2n) is 7.11. The fourth-order valence-electron chi connectivity index (χ4n) is 3.21. The molecule has 0 aliphatic carbocycles. The topological polar surface area (TPSA) is 60.9 Å². The number of likely N-dealkylation sites (N-methyl/N-ethyl adjacent to an activating group) is 1. The van der Waals surface area contributed by atoms with E-state index in [-0.39, 0.29) is 11.3 Å². The van der Waals surface area contributed by atoms with E-state index in [9.17, 15) is 14.7 Å². The van der Waals surface area contributed by atoms with Gasteiger partial charge in [-0.3, -0.25) is 9.59 Å². The van der Waals surface area contributed by atoms with E-state index in [2.05, 4.69) is 0 Å². The number of hydrogen-bond donors (Lipinski definition) is 1. The number of hydrogen-bond acceptors (Lipinski definition) is 5. The van der Waals surface area contributed by atoms with Crippen molar-refractivity contribution >= 4 is 28.8 Å². The van der Waals surface area contributed by atoms with Gasteiger partial charge >= 0.3 is 0 Å². The molecule has 0 bridgehead atoms. The molecule has 5 nitrogen and oxygen atoms in total. The minimum absolute atomic E-state index is 0.109. The van der Waals surface area contributed by atoms with Crippen LogP contribution in [0.3, 0.4) is 0 Å². The molecule has 0 saturated carbocycles. The minimum Gasteiger partial charge on any atom is -0.507 e. The van der Waals surface area contributed by atoms with Gasteiger partial charge in [0.05, 0.1) is 11.6 Å². The highest BCUT2D eigenvalue weighted by Gasteiger charge is 2.46. The summed E-state index contributed by atoms with van der Waals surface area (Å²) in [6.07, 6.45) is 0. The third-order valence-corrected chi connectivity index (χ3v) is 5.85. The molecule has 0 spiro atoms. The molecule has 1 aromatic heterocycles. The molecule has 2 heterocycles. The average Bonchev–Trinajstić information content (AvgIpc) is 3.23. The molecular formula is C21H24N2O3S. The lowest BCUT2D eigenvalue weighted by Crippen LogP contribution is -2.35. The third kappa shape index (κ3) is 3.68. The first-order valence-corrected chi connectivity index (χ1v) is 9.73. The predicted octanol–water partition coefficient (Wildman–Crippen LogP) is 3.35. The zero-order chi connectivity index (χ0) is 19.7. The van der Waals surface area contributed by atoms with Crippen LogP contribution in [0, 0.1) is 13.8 Å². The number of carbonyl (C=O) groups excluding carboxylic acids is 2. The lowest BCUT2D eigenvalue weighted by atomic mass is 9.98. The lowest BCUT2D eigenvalue weighted by Gasteiger charge is -2.25. The standard InChI is InChI=1S/C21H24N2O3S/c1-13-7-8-15(12-14(13)2)19(24)17-18(16-6-5-11-27-16)23(10-9-22(3)4)21(26)20(17)25/h5-8,11-12,18,24H,9-10H2,1-4H3/b19-17-. The van der Waals surface area contributed by atoms with Crippen LogP contribution in [0.2, 0.25) is 0 Å². The molecule has 1 atom stereocenters. The van der Waals surface area contributed by atoms with Crippen molar-refractivity contribution in [3.63, 3.8) is 0 Å². The molecule has 1 unspecified atom stereocenters. The first-order valence-electron chi connectivity index (χ1n) is 8.85. The van der Waals surface area contributed by atoms with Crippen molar-refractivity contribution in [2.24, 2.45) is 0 Å². The summed E-state index contributed by atoms with van der Waals surface area (Å²) in [6.45, 7) is 5.01. The average molecular weight is 385 g/mol. The summed E-state index contributed by atoms with van der Waals surface area (Å²) in [6, 6.07) is 8.79. The van der Waals surface area contributed by atoms with E-state index in [1.807, 2.05) is 62.5 Å². The zero-order valence-corrected chi connectivity index (χ0v) is 16.8. The number of aliphatic hydroxyl groups excluding tert-OH is 1. The highest BCUT2D eigenvalue weighted by Crippen LogP contribution is 2.41. The van der Waals surface area contributed by atoms with Crippen molar-refractivity contribution in [2.45, 2.75) is 19.9 Å². The van der Waals surface area contributed by atoms with Gasteiger partial charge < -0.3 is 14.9 Å². The van der Waals surface area contributed by atoms with Crippen molar-refractivity contribution < 1.29 is 14.7 Å². The van der Waals surface area contributed by atoms with E-state index in [4.69, 9.17) is 0 Å². The van der Waals surface area contributed by atoms with Gasteiger partial charge in [-0.15, -0.1) is 11.3 Å². The number of nitrogens with zero attached hydrogens (tertiary/aromatic N) is 2. The molecule has 0 radical (unpaired) electrons. The van der Waals surface area contributed by atoms with E-state index in [1.165, 1.54) is 11.3 Å². The summed E-state index contributed by atoms with van der Waals surface area (Å²) >= 11 is 1.48. The number of rotatable bonds is 5.